The molecule has 6 nitrogen and oxygen atoms in total. The van der Waals surface area contributed by atoms with Gasteiger partial charge in [-0.15, -0.1) is 0 Å². The van der Waals surface area contributed by atoms with Gasteiger partial charge in [0, 0.05) is 6.54 Å². The highest BCUT2D eigenvalue weighted by Crippen LogP contribution is 2.28. The highest BCUT2D eigenvalue weighted by molar-refractivity contribution is 5.94. The van der Waals surface area contributed by atoms with Crippen molar-refractivity contribution in [2.45, 2.75) is 12.5 Å². The molecule has 0 fully saturated rings. The number of urea groups is 1. The molecule has 1 atom stereocenters. The second-order valence-electron chi connectivity index (χ2n) is 4.21. The van der Waals surface area contributed by atoms with Gasteiger partial charge in [0.2, 0.25) is 0 Å². The Hall–Kier alpha value is -2.15. The minimum Gasteiger partial charge on any atom is -0.479 e. The van der Waals surface area contributed by atoms with Crippen LogP contribution in [0.4, 0.5) is 14.9 Å². The second kappa shape index (κ2) is 5.23. The molecule has 0 aromatic heterocycles. The van der Waals surface area contributed by atoms with Crippen LogP contribution in [0.1, 0.15) is 5.56 Å². The molecule has 1 aromatic rings. The van der Waals surface area contributed by atoms with Crippen LogP contribution in [0.25, 0.3) is 0 Å². The fourth-order valence-corrected chi connectivity index (χ4v) is 1.93. The summed E-state index contributed by atoms with van der Waals surface area (Å²) in [6.45, 7) is 0.00308. The Morgan fingerprint density at radius 2 is 2.21 bits per heavy atom. The van der Waals surface area contributed by atoms with Crippen molar-refractivity contribution in [3.05, 3.63) is 29.6 Å². The predicted molar refractivity (Wildman–Crippen MR) is 64.5 cm³/mol. The number of carboxylic acids is 1. The Kier molecular flexibility index (Phi) is 3.66. The molecule has 7 heteroatoms. The van der Waals surface area contributed by atoms with Gasteiger partial charge in [-0.25, -0.2) is 14.0 Å². The minimum absolute atomic E-state index is 0.394. The van der Waals surface area contributed by atoms with Gasteiger partial charge in [0.1, 0.15) is 5.82 Å². The largest absolute Gasteiger partial charge is 0.479 e. The van der Waals surface area contributed by atoms with Crippen molar-refractivity contribution in [3.8, 4) is 0 Å². The maximum Gasteiger partial charge on any atom is 0.334 e. The average molecular weight is 268 g/mol. The van der Waals surface area contributed by atoms with Gasteiger partial charge in [0.05, 0.1) is 12.2 Å². The van der Waals surface area contributed by atoms with Crippen LogP contribution in [0, 0.1) is 5.82 Å². The maximum absolute atomic E-state index is 13.1. The summed E-state index contributed by atoms with van der Waals surface area (Å²) in [6, 6.07) is 3.65. The predicted octanol–water partition coefficient (Wildman–Crippen LogP) is 0.343. The molecule has 1 unspecified atom stereocenters. The van der Waals surface area contributed by atoms with Crippen molar-refractivity contribution in [3.63, 3.8) is 0 Å². The molecule has 3 N–H and O–H groups in total. The van der Waals surface area contributed by atoms with E-state index in [0.717, 1.165) is 5.56 Å². The van der Waals surface area contributed by atoms with Crippen molar-refractivity contribution in [2.24, 2.45) is 0 Å². The molecule has 0 saturated heterocycles. The van der Waals surface area contributed by atoms with Crippen molar-refractivity contribution < 1.29 is 24.2 Å². The van der Waals surface area contributed by atoms with Gasteiger partial charge in [-0.3, -0.25) is 4.90 Å². The Balaban J connectivity index is 2.03. The summed E-state index contributed by atoms with van der Waals surface area (Å²) in [4.78, 5) is 23.6. The molecule has 0 radical (unpaired) electrons. The number of benzene rings is 1. The van der Waals surface area contributed by atoms with Gasteiger partial charge in [-0.2, -0.15) is 0 Å². The first kappa shape index (κ1) is 13.3. The number of halogens is 1. The van der Waals surface area contributed by atoms with E-state index in [-0.39, 0.29) is 0 Å². The van der Waals surface area contributed by atoms with E-state index in [9.17, 15) is 14.0 Å². The van der Waals surface area contributed by atoms with Crippen LogP contribution in [0.15, 0.2) is 18.2 Å². The van der Waals surface area contributed by atoms with E-state index in [4.69, 9.17) is 10.2 Å². The zero-order chi connectivity index (χ0) is 14.0. The molecule has 0 bridgehead atoms. The standard InChI is InChI=1S/C12H13FN2O4/c13-8-2-1-7-3-4-15(9(7)5-8)12(19)14-6-10(16)11(17)18/h1-2,5,10,16H,3-4,6H2,(H,14,19)(H,17,18). The number of nitrogens with one attached hydrogen (secondary N) is 1. The number of nitrogens with zero attached hydrogens (tertiary/aromatic N) is 1. The average Bonchev–Trinajstić information content (AvgIpc) is 2.78. The molecular formula is C12H13FN2O4. The minimum atomic E-state index is -1.65. The van der Waals surface area contributed by atoms with Gasteiger partial charge in [0.15, 0.2) is 6.10 Å². The third kappa shape index (κ3) is 2.82. The van der Waals surface area contributed by atoms with E-state index in [1.165, 1.54) is 17.0 Å². The fourth-order valence-electron chi connectivity index (χ4n) is 1.93. The Labute approximate surface area is 108 Å². The Morgan fingerprint density at radius 3 is 2.89 bits per heavy atom. The number of aliphatic hydroxyl groups excluding tert-OH is 1. The zero-order valence-corrected chi connectivity index (χ0v) is 9.97. The lowest BCUT2D eigenvalue weighted by atomic mass is 10.2. The zero-order valence-electron chi connectivity index (χ0n) is 9.97. The van der Waals surface area contributed by atoms with Crippen molar-refractivity contribution >= 4 is 17.7 Å². The first-order valence-electron chi connectivity index (χ1n) is 5.73. The monoisotopic (exact) mass is 268 g/mol. The summed E-state index contributed by atoms with van der Waals surface area (Å²) in [5, 5.41) is 19.9. The van der Waals surface area contributed by atoms with Crippen molar-refractivity contribution in [1.29, 1.82) is 0 Å². The van der Waals surface area contributed by atoms with Crippen LogP contribution in [0.2, 0.25) is 0 Å². The van der Waals surface area contributed by atoms with Crippen molar-refractivity contribution in [2.75, 3.05) is 18.0 Å². The smallest absolute Gasteiger partial charge is 0.334 e. The van der Waals surface area contributed by atoms with E-state index in [0.29, 0.717) is 18.7 Å². The van der Waals surface area contributed by atoms with Gasteiger partial charge in [-0.1, -0.05) is 6.07 Å². The molecule has 1 heterocycles. The molecule has 1 aliphatic heterocycles. The van der Waals surface area contributed by atoms with Crippen LogP contribution in [0.3, 0.4) is 0 Å². The van der Waals surface area contributed by atoms with E-state index in [1.807, 2.05) is 0 Å². The third-order valence-corrected chi connectivity index (χ3v) is 2.92. The van der Waals surface area contributed by atoms with Crippen LogP contribution in [-0.4, -0.2) is 41.4 Å². The maximum atomic E-state index is 13.1. The Morgan fingerprint density at radius 1 is 1.47 bits per heavy atom. The number of carbonyl (C=O) groups is 2. The normalized spacial score (nSPS) is 14.9. The number of hydrogen-bond donors (Lipinski definition) is 3. The summed E-state index contributed by atoms with van der Waals surface area (Å²) < 4.78 is 13.1. The summed E-state index contributed by atoms with van der Waals surface area (Å²) in [5.41, 5.74) is 1.33. The molecule has 0 aliphatic carbocycles. The molecule has 2 rings (SSSR count). The van der Waals surface area contributed by atoms with Crippen molar-refractivity contribution in [1.82, 2.24) is 5.32 Å². The lowest BCUT2D eigenvalue weighted by Gasteiger charge is -2.18. The van der Waals surface area contributed by atoms with Crippen LogP contribution in [0.5, 0.6) is 0 Å². The van der Waals surface area contributed by atoms with Crippen LogP contribution < -0.4 is 10.2 Å². The first-order valence-corrected chi connectivity index (χ1v) is 5.73. The number of carbonyl (C=O) groups excluding carboxylic acids is 1. The van der Waals surface area contributed by atoms with Crippen LogP contribution in [-0.2, 0) is 11.2 Å². The van der Waals surface area contributed by atoms with E-state index in [2.05, 4.69) is 5.32 Å². The SMILES string of the molecule is O=C(O)C(O)CNC(=O)N1CCc2ccc(F)cc21. The number of amides is 2. The molecule has 102 valence electrons. The summed E-state index contributed by atoms with van der Waals surface area (Å²) in [7, 11) is 0. The summed E-state index contributed by atoms with van der Waals surface area (Å²) >= 11 is 0. The number of rotatable bonds is 3. The van der Waals surface area contributed by atoms with E-state index >= 15 is 0 Å². The molecular weight excluding hydrogens is 255 g/mol. The third-order valence-electron chi connectivity index (χ3n) is 2.92. The topological polar surface area (TPSA) is 89.9 Å². The summed E-state index contributed by atoms with van der Waals surface area (Å²) in [6.07, 6.45) is -1.04. The Bertz CT molecular complexity index is 520. The van der Waals surface area contributed by atoms with Gasteiger partial charge >= 0.3 is 12.0 Å². The number of aliphatic carboxylic acids is 1. The quantitative estimate of drug-likeness (QED) is 0.737. The highest BCUT2D eigenvalue weighted by atomic mass is 19.1. The fraction of sp³-hybridized carbons (Fsp3) is 0.333. The number of carboxylic acid groups (broad SMARTS) is 1. The molecule has 0 spiro atoms. The molecule has 0 saturated carbocycles. The van der Waals surface area contributed by atoms with E-state index < -0.39 is 30.5 Å². The highest BCUT2D eigenvalue weighted by Gasteiger charge is 2.25. The lowest BCUT2D eigenvalue weighted by Crippen LogP contribution is -2.44. The lowest BCUT2D eigenvalue weighted by molar-refractivity contribution is -0.146. The van der Waals surface area contributed by atoms with Gasteiger partial charge < -0.3 is 15.5 Å². The molecule has 1 aliphatic rings. The summed E-state index contributed by atoms with van der Waals surface area (Å²) in [5.74, 6) is -1.85. The van der Waals surface area contributed by atoms with Gasteiger partial charge in [0.25, 0.3) is 0 Å². The molecule has 1 aromatic carbocycles. The number of anilines is 1. The van der Waals surface area contributed by atoms with E-state index in [1.54, 1.807) is 6.07 Å². The molecule has 19 heavy (non-hydrogen) atoms. The molecule has 2 amide bonds. The second-order valence-corrected chi connectivity index (χ2v) is 4.21. The number of aliphatic hydroxyl groups is 1. The van der Waals surface area contributed by atoms with Gasteiger partial charge in [-0.05, 0) is 24.1 Å². The number of hydrogen-bond acceptors (Lipinski definition) is 3. The number of fused-ring (bicyclic) bond motifs is 1. The van der Waals surface area contributed by atoms with Crippen LogP contribution >= 0.6 is 0 Å². The first-order chi connectivity index (χ1) is 8.99.